The number of hydrogen-bond acceptors (Lipinski definition) is 6. The Hall–Kier alpha value is -4.58. The SMILES string of the molecule is C=CC(=O)N1CCC(Oc2cccc(-n3cc(-c4cc(OC)c5c(C#N)cnn5c4)cn3)c2)CC1. The molecule has 9 heteroatoms. The van der Waals surface area contributed by atoms with E-state index in [1.54, 1.807) is 27.4 Å². The Morgan fingerprint density at radius 1 is 1.17 bits per heavy atom. The third-order valence-electron chi connectivity index (χ3n) is 6.15. The Bertz CT molecular complexity index is 1440. The highest BCUT2D eigenvalue weighted by atomic mass is 16.5. The molecule has 0 bridgehead atoms. The fourth-order valence-electron chi connectivity index (χ4n) is 4.31. The molecule has 1 aliphatic rings. The van der Waals surface area contributed by atoms with Crippen LogP contribution in [0, 0.1) is 11.3 Å². The van der Waals surface area contributed by atoms with Gasteiger partial charge in [-0.05, 0) is 24.3 Å². The van der Waals surface area contributed by atoms with Gasteiger partial charge in [0.15, 0.2) is 0 Å². The van der Waals surface area contributed by atoms with E-state index in [1.807, 2.05) is 42.7 Å². The summed E-state index contributed by atoms with van der Waals surface area (Å²) in [7, 11) is 1.57. The Morgan fingerprint density at radius 2 is 2.00 bits per heavy atom. The number of likely N-dealkylation sites (tertiary alicyclic amines) is 1. The van der Waals surface area contributed by atoms with Gasteiger partial charge in [0, 0.05) is 55.5 Å². The van der Waals surface area contributed by atoms with Gasteiger partial charge in [0.25, 0.3) is 0 Å². The highest BCUT2D eigenvalue weighted by Gasteiger charge is 2.22. The molecule has 1 amide bonds. The number of methoxy groups -OCH3 is 1. The van der Waals surface area contributed by atoms with Gasteiger partial charge in [-0.2, -0.15) is 15.5 Å². The van der Waals surface area contributed by atoms with Crippen LogP contribution in [0.15, 0.2) is 67.8 Å². The molecule has 4 aromatic rings. The summed E-state index contributed by atoms with van der Waals surface area (Å²) >= 11 is 0. The maximum Gasteiger partial charge on any atom is 0.245 e. The van der Waals surface area contributed by atoms with E-state index in [2.05, 4.69) is 22.8 Å². The first-order valence-corrected chi connectivity index (χ1v) is 11.3. The minimum absolute atomic E-state index is 0.0326. The largest absolute Gasteiger partial charge is 0.494 e. The smallest absolute Gasteiger partial charge is 0.245 e. The molecule has 0 unspecified atom stereocenters. The lowest BCUT2D eigenvalue weighted by atomic mass is 10.1. The lowest BCUT2D eigenvalue weighted by Crippen LogP contribution is -2.41. The Morgan fingerprint density at radius 3 is 2.74 bits per heavy atom. The predicted molar refractivity (Wildman–Crippen MR) is 129 cm³/mol. The maximum atomic E-state index is 11.8. The molecule has 0 N–H and O–H groups in total. The van der Waals surface area contributed by atoms with Gasteiger partial charge in [-0.25, -0.2) is 9.20 Å². The minimum atomic E-state index is -0.0326. The number of pyridine rings is 1. The van der Waals surface area contributed by atoms with Crippen molar-refractivity contribution in [2.45, 2.75) is 18.9 Å². The molecule has 5 rings (SSSR count). The topological polar surface area (TPSA) is 97.7 Å². The molecule has 176 valence electrons. The van der Waals surface area contributed by atoms with E-state index >= 15 is 0 Å². The summed E-state index contributed by atoms with van der Waals surface area (Å²) in [6, 6.07) is 11.8. The third-order valence-corrected chi connectivity index (χ3v) is 6.15. The summed E-state index contributed by atoms with van der Waals surface area (Å²) in [5, 5.41) is 18.1. The first-order valence-electron chi connectivity index (χ1n) is 11.3. The standard InChI is InChI=1S/C26H24N6O3/c1-3-25(33)30-9-7-22(8-10-30)35-23-6-4-5-21(12-23)31-17-20(15-28-31)18-11-24(34-2)26-19(13-27)14-29-32(26)16-18/h3-6,11-12,14-17,22H,1,7-10H2,2H3. The molecular weight excluding hydrogens is 444 g/mol. The fourth-order valence-corrected chi connectivity index (χ4v) is 4.31. The van der Waals surface area contributed by atoms with Crippen molar-refractivity contribution in [3.63, 3.8) is 0 Å². The third kappa shape index (κ3) is 4.34. The number of fused-ring (bicyclic) bond motifs is 1. The van der Waals surface area contributed by atoms with Crippen molar-refractivity contribution in [3.8, 4) is 34.4 Å². The second-order valence-electron chi connectivity index (χ2n) is 8.28. The molecule has 1 saturated heterocycles. The van der Waals surface area contributed by atoms with Gasteiger partial charge in [0.1, 0.15) is 34.8 Å². The molecule has 0 saturated carbocycles. The number of piperidine rings is 1. The van der Waals surface area contributed by atoms with Gasteiger partial charge in [-0.15, -0.1) is 0 Å². The minimum Gasteiger partial charge on any atom is -0.494 e. The number of ether oxygens (including phenoxy) is 2. The second-order valence-corrected chi connectivity index (χ2v) is 8.28. The van der Waals surface area contributed by atoms with E-state index in [0.717, 1.165) is 35.4 Å². The van der Waals surface area contributed by atoms with Crippen molar-refractivity contribution >= 4 is 11.4 Å². The summed E-state index contributed by atoms with van der Waals surface area (Å²) in [5.74, 6) is 1.30. The molecule has 9 nitrogen and oxygen atoms in total. The zero-order valence-electron chi connectivity index (χ0n) is 19.3. The highest BCUT2D eigenvalue weighted by Crippen LogP contribution is 2.30. The van der Waals surface area contributed by atoms with Crippen LogP contribution in [0.5, 0.6) is 11.5 Å². The Balaban J connectivity index is 1.34. The van der Waals surface area contributed by atoms with Crippen molar-refractivity contribution in [1.29, 1.82) is 5.26 Å². The quantitative estimate of drug-likeness (QED) is 0.401. The number of benzene rings is 1. The lowest BCUT2D eigenvalue weighted by molar-refractivity contribution is -0.127. The fraction of sp³-hybridized carbons (Fsp3) is 0.231. The average Bonchev–Trinajstić information content (AvgIpc) is 3.56. The van der Waals surface area contributed by atoms with E-state index in [1.165, 1.54) is 12.3 Å². The van der Waals surface area contributed by atoms with Crippen molar-refractivity contribution in [1.82, 2.24) is 24.3 Å². The van der Waals surface area contributed by atoms with Crippen LogP contribution < -0.4 is 9.47 Å². The van der Waals surface area contributed by atoms with Crippen LogP contribution in [0.25, 0.3) is 22.3 Å². The van der Waals surface area contributed by atoms with E-state index in [9.17, 15) is 10.1 Å². The zero-order valence-corrected chi connectivity index (χ0v) is 19.3. The maximum absolute atomic E-state index is 11.8. The number of amides is 1. The monoisotopic (exact) mass is 468 g/mol. The van der Waals surface area contributed by atoms with Gasteiger partial charge in [0.05, 0.1) is 25.2 Å². The van der Waals surface area contributed by atoms with Crippen molar-refractivity contribution in [3.05, 3.63) is 73.3 Å². The summed E-state index contributed by atoms with van der Waals surface area (Å²) in [6.07, 6.45) is 10.0. The molecule has 0 aliphatic carbocycles. The van der Waals surface area contributed by atoms with Crippen LogP contribution in [-0.2, 0) is 4.79 Å². The first kappa shape index (κ1) is 22.2. The number of aromatic nitrogens is 4. The van der Waals surface area contributed by atoms with Gasteiger partial charge in [0.2, 0.25) is 5.91 Å². The molecular formula is C26H24N6O3. The van der Waals surface area contributed by atoms with Gasteiger partial charge >= 0.3 is 0 Å². The molecule has 0 spiro atoms. The molecule has 1 aliphatic heterocycles. The van der Waals surface area contributed by atoms with Crippen molar-refractivity contribution < 1.29 is 14.3 Å². The van der Waals surface area contributed by atoms with Crippen LogP contribution in [-0.4, -0.2) is 56.5 Å². The molecule has 4 heterocycles. The summed E-state index contributed by atoms with van der Waals surface area (Å²) < 4.78 is 15.1. The number of carbonyl (C=O) groups is 1. The van der Waals surface area contributed by atoms with Crippen LogP contribution in [0.4, 0.5) is 0 Å². The predicted octanol–water partition coefficient (Wildman–Crippen LogP) is 3.62. The summed E-state index contributed by atoms with van der Waals surface area (Å²) in [6.45, 7) is 4.88. The normalized spacial score (nSPS) is 14.0. The van der Waals surface area contributed by atoms with Gasteiger partial charge in [-0.3, -0.25) is 4.79 Å². The van der Waals surface area contributed by atoms with Crippen molar-refractivity contribution in [2.24, 2.45) is 0 Å². The molecule has 0 atom stereocenters. The number of hydrogen-bond donors (Lipinski definition) is 0. The number of carbonyl (C=O) groups excluding carboxylic acids is 1. The molecule has 0 radical (unpaired) electrons. The van der Waals surface area contributed by atoms with Crippen molar-refractivity contribution in [2.75, 3.05) is 20.2 Å². The van der Waals surface area contributed by atoms with Crippen LogP contribution >= 0.6 is 0 Å². The number of nitrogens with zero attached hydrogens (tertiary/aromatic N) is 6. The number of rotatable bonds is 6. The Kier molecular flexibility index (Phi) is 5.94. The lowest BCUT2D eigenvalue weighted by Gasteiger charge is -2.31. The Labute approximate surface area is 202 Å². The second kappa shape index (κ2) is 9.35. The van der Waals surface area contributed by atoms with Crippen LogP contribution in [0.2, 0.25) is 0 Å². The van der Waals surface area contributed by atoms with E-state index in [-0.39, 0.29) is 12.0 Å². The summed E-state index contributed by atoms with van der Waals surface area (Å²) in [4.78, 5) is 13.6. The molecule has 1 aromatic carbocycles. The van der Waals surface area contributed by atoms with Crippen LogP contribution in [0.1, 0.15) is 18.4 Å². The first-order chi connectivity index (χ1) is 17.1. The van der Waals surface area contributed by atoms with Crippen LogP contribution in [0.3, 0.4) is 0 Å². The summed E-state index contributed by atoms with van der Waals surface area (Å²) in [5.41, 5.74) is 3.70. The van der Waals surface area contributed by atoms with E-state index in [4.69, 9.17) is 9.47 Å². The highest BCUT2D eigenvalue weighted by molar-refractivity contribution is 5.87. The number of nitriles is 1. The van der Waals surface area contributed by atoms with Gasteiger partial charge in [-0.1, -0.05) is 12.6 Å². The zero-order chi connectivity index (χ0) is 24.4. The van der Waals surface area contributed by atoms with Gasteiger partial charge < -0.3 is 14.4 Å². The van der Waals surface area contributed by atoms with E-state index in [0.29, 0.717) is 29.9 Å². The molecule has 3 aromatic heterocycles. The van der Waals surface area contributed by atoms with E-state index < -0.39 is 0 Å². The molecule has 35 heavy (non-hydrogen) atoms. The average molecular weight is 469 g/mol. The molecule has 1 fully saturated rings.